The Kier molecular flexibility index (Phi) is 5.71. The second kappa shape index (κ2) is 8.17. The fourth-order valence-electron chi connectivity index (χ4n) is 3.58. The molecule has 1 N–H and O–H groups in total. The van der Waals surface area contributed by atoms with Crippen molar-refractivity contribution in [2.24, 2.45) is 13.0 Å². The Morgan fingerprint density at radius 3 is 2.72 bits per heavy atom. The summed E-state index contributed by atoms with van der Waals surface area (Å²) >= 11 is 0. The normalized spacial score (nSPS) is 19.1. The summed E-state index contributed by atoms with van der Waals surface area (Å²) in [6.45, 7) is 2.58. The van der Waals surface area contributed by atoms with Crippen LogP contribution in [-0.2, 0) is 11.8 Å². The predicted octanol–water partition coefficient (Wildman–Crippen LogP) is 3.64. The molecule has 1 aliphatic heterocycles. The summed E-state index contributed by atoms with van der Waals surface area (Å²) in [5.41, 5.74) is 3.65. The maximum atomic E-state index is 11.2. The number of carbonyl (C=O) groups is 1. The van der Waals surface area contributed by atoms with Crippen molar-refractivity contribution in [1.82, 2.24) is 9.47 Å². The highest BCUT2D eigenvalue weighted by atomic mass is 16.4. The zero-order valence-corrected chi connectivity index (χ0v) is 14.8. The third kappa shape index (κ3) is 4.40. The minimum atomic E-state index is -0.658. The van der Waals surface area contributed by atoms with Gasteiger partial charge in [0.25, 0.3) is 0 Å². The molecule has 0 amide bonds. The SMILES string of the molecule is Cn1cccc1C(=CCCN1CCCC(C(=O)O)C1)c1ccccc1. The highest BCUT2D eigenvalue weighted by molar-refractivity contribution is 5.78. The fourth-order valence-corrected chi connectivity index (χ4v) is 3.58. The van der Waals surface area contributed by atoms with Gasteiger partial charge >= 0.3 is 5.97 Å². The number of carboxylic acids is 1. The first kappa shape index (κ1) is 17.5. The van der Waals surface area contributed by atoms with Gasteiger partial charge in [0.2, 0.25) is 0 Å². The zero-order chi connectivity index (χ0) is 17.6. The number of aromatic nitrogens is 1. The highest BCUT2D eigenvalue weighted by Crippen LogP contribution is 2.24. The first-order valence-corrected chi connectivity index (χ1v) is 8.97. The molecule has 0 saturated carbocycles. The molecule has 2 aromatic rings. The van der Waals surface area contributed by atoms with E-state index in [2.05, 4.69) is 65.2 Å². The molecule has 1 aliphatic rings. The van der Waals surface area contributed by atoms with E-state index in [4.69, 9.17) is 0 Å². The lowest BCUT2D eigenvalue weighted by Crippen LogP contribution is -2.39. The average molecular weight is 338 g/mol. The smallest absolute Gasteiger partial charge is 0.307 e. The van der Waals surface area contributed by atoms with Gasteiger partial charge in [0.15, 0.2) is 0 Å². The topological polar surface area (TPSA) is 45.5 Å². The van der Waals surface area contributed by atoms with Gasteiger partial charge in [-0.05, 0) is 43.5 Å². The molecule has 2 heterocycles. The molecule has 1 aromatic heterocycles. The van der Waals surface area contributed by atoms with Crippen LogP contribution in [0, 0.1) is 5.92 Å². The second-order valence-electron chi connectivity index (χ2n) is 6.75. The number of aliphatic carboxylic acids is 1. The molecule has 3 rings (SSSR count). The molecule has 132 valence electrons. The Bertz CT molecular complexity index is 733. The molecule has 1 atom stereocenters. The van der Waals surface area contributed by atoms with Crippen molar-refractivity contribution < 1.29 is 9.90 Å². The van der Waals surface area contributed by atoms with Crippen LogP contribution < -0.4 is 0 Å². The third-order valence-electron chi connectivity index (χ3n) is 4.95. The fraction of sp³-hybridized carbons (Fsp3) is 0.381. The average Bonchev–Trinajstić information content (AvgIpc) is 3.05. The highest BCUT2D eigenvalue weighted by Gasteiger charge is 2.24. The summed E-state index contributed by atoms with van der Waals surface area (Å²) in [6.07, 6.45) is 7.05. The number of hydrogen-bond donors (Lipinski definition) is 1. The van der Waals surface area contributed by atoms with E-state index in [0.717, 1.165) is 32.4 Å². The van der Waals surface area contributed by atoms with Gasteiger partial charge in [0.1, 0.15) is 0 Å². The molecule has 0 bridgehead atoms. The minimum absolute atomic E-state index is 0.209. The molecule has 0 spiro atoms. The Labute approximate surface area is 149 Å². The molecule has 1 unspecified atom stereocenters. The van der Waals surface area contributed by atoms with Crippen molar-refractivity contribution in [2.75, 3.05) is 19.6 Å². The van der Waals surface area contributed by atoms with Gasteiger partial charge in [-0.25, -0.2) is 0 Å². The number of aryl methyl sites for hydroxylation is 1. The van der Waals surface area contributed by atoms with Crippen molar-refractivity contribution in [3.8, 4) is 0 Å². The van der Waals surface area contributed by atoms with Crippen LogP contribution in [0.25, 0.3) is 5.57 Å². The van der Waals surface area contributed by atoms with E-state index in [1.165, 1.54) is 16.8 Å². The number of hydrogen-bond acceptors (Lipinski definition) is 2. The van der Waals surface area contributed by atoms with Crippen molar-refractivity contribution in [3.05, 3.63) is 66.0 Å². The van der Waals surface area contributed by atoms with Crippen LogP contribution in [0.1, 0.15) is 30.5 Å². The lowest BCUT2D eigenvalue weighted by Gasteiger charge is -2.30. The van der Waals surface area contributed by atoms with E-state index < -0.39 is 5.97 Å². The molecule has 25 heavy (non-hydrogen) atoms. The third-order valence-corrected chi connectivity index (χ3v) is 4.95. The summed E-state index contributed by atoms with van der Waals surface area (Å²) in [5.74, 6) is -0.867. The minimum Gasteiger partial charge on any atom is -0.481 e. The first-order valence-electron chi connectivity index (χ1n) is 8.97. The van der Waals surface area contributed by atoms with Gasteiger partial charge in [0, 0.05) is 37.6 Å². The van der Waals surface area contributed by atoms with E-state index in [1.54, 1.807) is 0 Å². The lowest BCUT2D eigenvalue weighted by atomic mass is 9.97. The first-order chi connectivity index (χ1) is 12.1. The Morgan fingerprint density at radius 2 is 2.04 bits per heavy atom. The molecule has 0 radical (unpaired) electrons. The van der Waals surface area contributed by atoms with Crippen molar-refractivity contribution >= 4 is 11.5 Å². The summed E-state index contributed by atoms with van der Waals surface area (Å²) in [6, 6.07) is 14.6. The van der Waals surface area contributed by atoms with Crippen LogP contribution in [0.3, 0.4) is 0 Å². The van der Waals surface area contributed by atoms with Crippen molar-refractivity contribution in [1.29, 1.82) is 0 Å². The van der Waals surface area contributed by atoms with Crippen molar-refractivity contribution in [2.45, 2.75) is 19.3 Å². The lowest BCUT2D eigenvalue weighted by molar-refractivity contribution is -0.143. The number of carboxylic acid groups (broad SMARTS) is 1. The van der Waals surface area contributed by atoms with Crippen LogP contribution in [0.2, 0.25) is 0 Å². The van der Waals surface area contributed by atoms with Crippen LogP contribution in [0.4, 0.5) is 0 Å². The Morgan fingerprint density at radius 1 is 1.24 bits per heavy atom. The van der Waals surface area contributed by atoms with E-state index >= 15 is 0 Å². The number of likely N-dealkylation sites (tertiary alicyclic amines) is 1. The molecule has 4 heteroatoms. The van der Waals surface area contributed by atoms with E-state index in [-0.39, 0.29) is 5.92 Å². The Balaban J connectivity index is 1.72. The second-order valence-corrected chi connectivity index (χ2v) is 6.75. The molecular weight excluding hydrogens is 312 g/mol. The summed E-state index contributed by atoms with van der Waals surface area (Å²) in [5, 5.41) is 9.23. The number of nitrogens with zero attached hydrogens (tertiary/aromatic N) is 2. The standard InChI is InChI=1S/C21H26N2O2/c1-22-13-7-12-20(22)19(17-8-3-2-4-9-17)11-6-15-23-14-5-10-18(16-23)21(24)25/h2-4,7-9,11-13,18H,5-6,10,14-16H2,1H3,(H,24,25). The van der Waals surface area contributed by atoms with E-state index in [9.17, 15) is 9.90 Å². The quantitative estimate of drug-likeness (QED) is 0.874. The summed E-state index contributed by atoms with van der Waals surface area (Å²) in [7, 11) is 2.06. The van der Waals surface area contributed by atoms with E-state index in [1.807, 2.05) is 6.07 Å². The summed E-state index contributed by atoms with van der Waals surface area (Å²) in [4.78, 5) is 13.5. The Hall–Kier alpha value is -2.33. The molecule has 4 nitrogen and oxygen atoms in total. The molecule has 0 aliphatic carbocycles. The maximum absolute atomic E-state index is 11.2. The largest absolute Gasteiger partial charge is 0.481 e. The van der Waals surface area contributed by atoms with Gasteiger partial charge < -0.3 is 14.6 Å². The van der Waals surface area contributed by atoms with Gasteiger partial charge in [-0.15, -0.1) is 0 Å². The van der Waals surface area contributed by atoms with E-state index in [0.29, 0.717) is 6.54 Å². The molecular formula is C21H26N2O2. The summed E-state index contributed by atoms with van der Waals surface area (Å²) < 4.78 is 2.14. The van der Waals surface area contributed by atoms with Gasteiger partial charge in [-0.1, -0.05) is 36.4 Å². The maximum Gasteiger partial charge on any atom is 0.307 e. The predicted molar refractivity (Wildman–Crippen MR) is 100 cm³/mol. The number of benzene rings is 1. The number of rotatable bonds is 6. The number of piperidine rings is 1. The van der Waals surface area contributed by atoms with Crippen LogP contribution in [0.5, 0.6) is 0 Å². The van der Waals surface area contributed by atoms with Crippen LogP contribution in [-0.4, -0.2) is 40.2 Å². The van der Waals surface area contributed by atoms with Gasteiger partial charge in [-0.2, -0.15) is 0 Å². The van der Waals surface area contributed by atoms with Crippen LogP contribution in [0.15, 0.2) is 54.7 Å². The van der Waals surface area contributed by atoms with Crippen LogP contribution >= 0.6 is 0 Å². The van der Waals surface area contributed by atoms with Gasteiger partial charge in [0.05, 0.1) is 5.92 Å². The molecule has 1 aromatic carbocycles. The van der Waals surface area contributed by atoms with Crippen molar-refractivity contribution in [3.63, 3.8) is 0 Å². The molecule has 1 fully saturated rings. The monoisotopic (exact) mass is 338 g/mol. The van der Waals surface area contributed by atoms with Gasteiger partial charge in [-0.3, -0.25) is 4.79 Å². The zero-order valence-electron chi connectivity index (χ0n) is 14.8. The molecule has 1 saturated heterocycles.